The van der Waals surface area contributed by atoms with Crippen molar-refractivity contribution >= 4 is 28.1 Å². The molecule has 2 heterocycles. The van der Waals surface area contributed by atoms with Crippen LogP contribution in [0.3, 0.4) is 0 Å². The van der Waals surface area contributed by atoms with Gasteiger partial charge in [-0.1, -0.05) is 44.2 Å². The molecule has 0 spiro atoms. The Bertz CT molecular complexity index is 1160. The summed E-state index contributed by atoms with van der Waals surface area (Å²) < 4.78 is 6.03. The van der Waals surface area contributed by atoms with Crippen LogP contribution >= 0.6 is 0 Å². The standard InChI is InChI=1S/C23H23N5O/c1-14(2)16-9-11-18(12-10-16)28-22-20(24)23(26-13-25-22)29-19-6-4-5-17-8-7-15(3)27-21(17)19/h4-14H,24H2,1-3H3,(H,25,26,28). The molecular weight excluding hydrogens is 362 g/mol. The van der Waals surface area contributed by atoms with Gasteiger partial charge < -0.3 is 15.8 Å². The van der Waals surface area contributed by atoms with Crippen molar-refractivity contribution < 1.29 is 4.74 Å². The van der Waals surface area contributed by atoms with E-state index in [9.17, 15) is 0 Å². The molecule has 0 aliphatic carbocycles. The maximum atomic E-state index is 6.30. The SMILES string of the molecule is Cc1ccc2cccc(Oc3ncnc(Nc4ccc(C(C)C)cc4)c3N)c2n1. The van der Waals surface area contributed by atoms with Crippen molar-refractivity contribution in [3.63, 3.8) is 0 Å². The van der Waals surface area contributed by atoms with Crippen molar-refractivity contribution in [2.45, 2.75) is 26.7 Å². The van der Waals surface area contributed by atoms with Gasteiger partial charge in [0.15, 0.2) is 11.6 Å². The molecule has 0 saturated heterocycles. The first-order chi connectivity index (χ1) is 14.0. The Kier molecular flexibility index (Phi) is 4.99. The first-order valence-electron chi connectivity index (χ1n) is 9.53. The number of nitrogen functional groups attached to an aromatic ring is 1. The van der Waals surface area contributed by atoms with Crippen LogP contribution in [0.2, 0.25) is 0 Å². The number of aromatic nitrogens is 3. The van der Waals surface area contributed by atoms with Gasteiger partial charge in [0.05, 0.1) is 0 Å². The predicted molar refractivity (Wildman–Crippen MR) is 117 cm³/mol. The molecule has 2 aromatic heterocycles. The fraction of sp³-hybridized carbons (Fsp3) is 0.174. The molecular formula is C23H23N5O. The summed E-state index contributed by atoms with van der Waals surface area (Å²) in [6.07, 6.45) is 1.43. The smallest absolute Gasteiger partial charge is 0.248 e. The first-order valence-corrected chi connectivity index (χ1v) is 9.53. The van der Waals surface area contributed by atoms with Crippen molar-refractivity contribution in [3.05, 3.63) is 72.2 Å². The zero-order valence-corrected chi connectivity index (χ0v) is 16.7. The Labute approximate surface area is 169 Å². The highest BCUT2D eigenvalue weighted by Gasteiger charge is 2.13. The number of rotatable bonds is 5. The van der Waals surface area contributed by atoms with Gasteiger partial charge in [0.2, 0.25) is 5.88 Å². The normalized spacial score (nSPS) is 11.0. The van der Waals surface area contributed by atoms with Crippen molar-refractivity contribution in [2.24, 2.45) is 0 Å². The number of para-hydroxylation sites is 1. The lowest BCUT2D eigenvalue weighted by Crippen LogP contribution is -2.03. The number of nitrogens with two attached hydrogens (primary N) is 1. The van der Waals surface area contributed by atoms with Gasteiger partial charge in [-0.3, -0.25) is 0 Å². The van der Waals surface area contributed by atoms with Crippen LogP contribution in [0, 0.1) is 6.92 Å². The summed E-state index contributed by atoms with van der Waals surface area (Å²) in [5.74, 6) is 1.86. The highest BCUT2D eigenvalue weighted by molar-refractivity contribution is 5.85. The molecule has 0 atom stereocenters. The van der Waals surface area contributed by atoms with Crippen LogP contribution < -0.4 is 15.8 Å². The van der Waals surface area contributed by atoms with Crippen molar-refractivity contribution in [2.75, 3.05) is 11.1 Å². The molecule has 6 nitrogen and oxygen atoms in total. The number of hydrogen-bond donors (Lipinski definition) is 2. The van der Waals surface area contributed by atoms with Crippen LogP contribution in [-0.2, 0) is 0 Å². The number of ether oxygens (including phenoxy) is 1. The Morgan fingerprint density at radius 3 is 2.52 bits per heavy atom. The van der Waals surface area contributed by atoms with E-state index in [0.29, 0.717) is 23.2 Å². The van der Waals surface area contributed by atoms with E-state index in [2.05, 4.69) is 46.2 Å². The molecule has 2 aromatic carbocycles. The van der Waals surface area contributed by atoms with E-state index >= 15 is 0 Å². The zero-order valence-electron chi connectivity index (χ0n) is 16.7. The minimum absolute atomic E-state index is 0.289. The minimum atomic E-state index is 0.289. The van der Waals surface area contributed by atoms with Crippen LogP contribution in [-0.4, -0.2) is 15.0 Å². The average molecular weight is 385 g/mol. The van der Waals surface area contributed by atoms with Gasteiger partial charge in [0.1, 0.15) is 17.5 Å². The third kappa shape index (κ3) is 3.96. The number of anilines is 3. The fourth-order valence-corrected chi connectivity index (χ4v) is 3.05. The minimum Gasteiger partial charge on any atom is -0.435 e. The van der Waals surface area contributed by atoms with E-state index in [1.165, 1.54) is 11.9 Å². The topological polar surface area (TPSA) is 86.0 Å². The average Bonchev–Trinajstić information content (AvgIpc) is 2.72. The Hall–Kier alpha value is -3.67. The number of nitrogens with one attached hydrogen (secondary N) is 1. The molecule has 0 aliphatic heterocycles. The molecule has 29 heavy (non-hydrogen) atoms. The van der Waals surface area contributed by atoms with E-state index in [-0.39, 0.29) is 5.88 Å². The number of fused-ring (bicyclic) bond motifs is 1. The Morgan fingerprint density at radius 2 is 1.76 bits per heavy atom. The molecule has 146 valence electrons. The summed E-state index contributed by atoms with van der Waals surface area (Å²) in [6.45, 7) is 6.28. The third-order valence-corrected chi connectivity index (χ3v) is 4.72. The van der Waals surface area contributed by atoms with Crippen LogP contribution in [0.25, 0.3) is 10.9 Å². The molecule has 3 N–H and O–H groups in total. The largest absolute Gasteiger partial charge is 0.435 e. The maximum Gasteiger partial charge on any atom is 0.248 e. The fourth-order valence-electron chi connectivity index (χ4n) is 3.05. The zero-order chi connectivity index (χ0) is 20.4. The van der Waals surface area contributed by atoms with E-state index in [0.717, 1.165) is 22.3 Å². The monoisotopic (exact) mass is 385 g/mol. The van der Waals surface area contributed by atoms with E-state index in [1.807, 2.05) is 49.4 Å². The summed E-state index contributed by atoms with van der Waals surface area (Å²) in [5, 5.41) is 4.23. The summed E-state index contributed by atoms with van der Waals surface area (Å²) in [7, 11) is 0. The second-order valence-corrected chi connectivity index (χ2v) is 7.23. The van der Waals surface area contributed by atoms with Gasteiger partial charge in [0.25, 0.3) is 0 Å². The first kappa shape index (κ1) is 18.7. The second kappa shape index (κ2) is 7.75. The van der Waals surface area contributed by atoms with Gasteiger partial charge >= 0.3 is 0 Å². The lowest BCUT2D eigenvalue weighted by molar-refractivity contribution is 0.469. The van der Waals surface area contributed by atoms with E-state index in [1.54, 1.807) is 0 Å². The van der Waals surface area contributed by atoms with E-state index in [4.69, 9.17) is 10.5 Å². The van der Waals surface area contributed by atoms with Crippen LogP contribution in [0.1, 0.15) is 31.0 Å². The summed E-state index contributed by atoms with van der Waals surface area (Å²) in [4.78, 5) is 13.1. The molecule has 0 fully saturated rings. The van der Waals surface area contributed by atoms with Crippen molar-refractivity contribution in [1.82, 2.24) is 15.0 Å². The molecule has 4 aromatic rings. The molecule has 0 radical (unpaired) electrons. The summed E-state index contributed by atoms with van der Waals surface area (Å²) in [5.41, 5.74) is 10.5. The van der Waals surface area contributed by atoms with Gasteiger partial charge in [-0.2, -0.15) is 4.98 Å². The van der Waals surface area contributed by atoms with Crippen molar-refractivity contribution in [3.8, 4) is 11.6 Å². The molecule has 0 amide bonds. The molecule has 4 rings (SSSR count). The molecule has 0 saturated carbocycles. The highest BCUT2D eigenvalue weighted by Crippen LogP contribution is 2.34. The third-order valence-electron chi connectivity index (χ3n) is 4.72. The summed E-state index contributed by atoms with van der Waals surface area (Å²) in [6, 6.07) is 17.9. The van der Waals surface area contributed by atoms with Gasteiger partial charge in [-0.25, -0.2) is 9.97 Å². The lowest BCUT2D eigenvalue weighted by atomic mass is 10.0. The summed E-state index contributed by atoms with van der Waals surface area (Å²) >= 11 is 0. The number of benzene rings is 2. The number of aryl methyl sites for hydroxylation is 1. The Morgan fingerprint density at radius 1 is 0.966 bits per heavy atom. The molecule has 0 bridgehead atoms. The van der Waals surface area contributed by atoms with Crippen LogP contribution in [0.15, 0.2) is 60.9 Å². The van der Waals surface area contributed by atoms with Gasteiger partial charge in [-0.05, 0) is 42.7 Å². The van der Waals surface area contributed by atoms with Crippen molar-refractivity contribution in [1.29, 1.82) is 0 Å². The maximum absolute atomic E-state index is 6.30. The lowest BCUT2D eigenvalue weighted by Gasteiger charge is -2.13. The van der Waals surface area contributed by atoms with Gasteiger partial charge in [-0.15, -0.1) is 0 Å². The Balaban J connectivity index is 1.63. The number of hydrogen-bond acceptors (Lipinski definition) is 6. The molecule has 0 aliphatic rings. The quantitative estimate of drug-likeness (QED) is 0.467. The van der Waals surface area contributed by atoms with E-state index < -0.39 is 0 Å². The predicted octanol–water partition coefficient (Wildman–Crippen LogP) is 5.57. The second-order valence-electron chi connectivity index (χ2n) is 7.23. The van der Waals surface area contributed by atoms with Gasteiger partial charge in [0, 0.05) is 16.8 Å². The highest BCUT2D eigenvalue weighted by atomic mass is 16.5. The van der Waals surface area contributed by atoms with Crippen LogP contribution in [0.4, 0.5) is 17.2 Å². The van der Waals surface area contributed by atoms with Crippen LogP contribution in [0.5, 0.6) is 11.6 Å². The molecule has 0 unspecified atom stereocenters. The number of nitrogens with zero attached hydrogens (tertiary/aromatic N) is 3. The molecule has 6 heteroatoms. The number of pyridine rings is 1.